The second kappa shape index (κ2) is 17.1. The Morgan fingerprint density at radius 1 is 0.714 bits per heavy atom. The van der Waals surface area contributed by atoms with Gasteiger partial charge in [0.05, 0.1) is 18.6 Å². The maximum Gasteiger partial charge on any atom is 0.311 e. The van der Waals surface area contributed by atoms with Crippen LogP contribution in [0.15, 0.2) is 115 Å². The number of rotatable bonds is 13. The Labute approximate surface area is 261 Å². The van der Waals surface area contributed by atoms with Crippen molar-refractivity contribution in [2.75, 3.05) is 19.4 Å². The predicted molar refractivity (Wildman–Crippen MR) is 183 cm³/mol. The van der Waals surface area contributed by atoms with Gasteiger partial charge < -0.3 is 13.3 Å². The first-order valence-electron chi connectivity index (χ1n) is 14.7. The fourth-order valence-electron chi connectivity index (χ4n) is 5.20. The normalized spacial score (nSPS) is 11.5. The van der Waals surface area contributed by atoms with E-state index in [4.69, 9.17) is 13.3 Å². The molecule has 0 N–H and O–H groups in total. The van der Waals surface area contributed by atoms with Crippen LogP contribution in [0.2, 0.25) is 0 Å². The molecule has 0 aliphatic carbocycles. The minimum Gasteiger partial charge on any atom is -0.494 e. The van der Waals surface area contributed by atoms with Gasteiger partial charge in [-0.25, -0.2) is 0 Å². The van der Waals surface area contributed by atoms with E-state index in [1.165, 1.54) is 28.5 Å². The van der Waals surface area contributed by atoms with E-state index in [0.717, 1.165) is 24.3 Å². The second-order valence-electron chi connectivity index (χ2n) is 10.9. The summed E-state index contributed by atoms with van der Waals surface area (Å²) < 4.78 is 15.6. The van der Waals surface area contributed by atoms with E-state index >= 15 is 0 Å². The van der Waals surface area contributed by atoms with E-state index in [1.807, 2.05) is 45.0 Å². The zero-order chi connectivity index (χ0) is 30.3. The molecule has 0 aliphatic heterocycles. The summed E-state index contributed by atoms with van der Waals surface area (Å²) in [5, 5.41) is 4.53. The summed E-state index contributed by atoms with van der Waals surface area (Å²) in [7, 11) is -1.92. The number of ether oxygens (including phenoxy) is 2. The predicted octanol–water partition coefficient (Wildman–Crippen LogP) is 8.25. The summed E-state index contributed by atoms with van der Waals surface area (Å²) in [6, 6.07) is 40.7. The van der Waals surface area contributed by atoms with Crippen molar-refractivity contribution in [1.82, 2.24) is 0 Å². The molecule has 0 aromatic heterocycles. The van der Waals surface area contributed by atoms with Crippen molar-refractivity contribution in [2.45, 2.75) is 47.0 Å². The first-order valence-corrected chi connectivity index (χ1v) is 17.6. The molecule has 0 unspecified atom stereocenters. The number of esters is 1. The third kappa shape index (κ3) is 9.18. The molecule has 42 heavy (non-hydrogen) atoms. The van der Waals surface area contributed by atoms with E-state index in [1.54, 1.807) is 0 Å². The molecule has 4 nitrogen and oxygen atoms in total. The number of hydrogen-bond acceptors (Lipinski definition) is 4. The molecule has 0 saturated heterocycles. The minimum absolute atomic E-state index is 0.154. The average molecular weight is 652 g/mol. The first-order chi connectivity index (χ1) is 20.4. The monoisotopic (exact) mass is 650 g/mol. The van der Waals surface area contributed by atoms with Crippen molar-refractivity contribution >= 4 is 45.4 Å². The molecule has 0 bridgehead atoms. The summed E-state index contributed by atoms with van der Waals surface area (Å²) in [5.74, 6) is 1.35. The van der Waals surface area contributed by atoms with E-state index in [2.05, 4.69) is 114 Å². The van der Waals surface area contributed by atoms with E-state index in [9.17, 15) is 4.79 Å². The van der Waals surface area contributed by atoms with Gasteiger partial charge in [0.25, 0.3) is 0 Å². The Morgan fingerprint density at radius 3 is 1.57 bits per heavy atom. The van der Waals surface area contributed by atoms with Crippen LogP contribution in [0.5, 0.6) is 11.5 Å². The summed E-state index contributed by atoms with van der Waals surface area (Å²) in [6.45, 7) is 8.90. The summed E-state index contributed by atoms with van der Waals surface area (Å²) in [6.07, 6.45) is 3.97. The zero-order valence-corrected chi connectivity index (χ0v) is 27.8. The Balaban J connectivity index is 0.000000232. The van der Waals surface area contributed by atoms with Crippen LogP contribution in [0.4, 0.5) is 0 Å². The number of benzene rings is 4. The topological polar surface area (TPSA) is 44.8 Å². The van der Waals surface area contributed by atoms with Gasteiger partial charge in [-0.15, -0.1) is 0 Å². The van der Waals surface area contributed by atoms with Crippen LogP contribution in [0.3, 0.4) is 0 Å². The van der Waals surface area contributed by atoms with Crippen molar-refractivity contribution in [2.24, 2.45) is 5.41 Å². The molecular weight excluding hydrogens is 607 g/mol. The Morgan fingerprint density at radius 2 is 1.17 bits per heavy atom. The molecule has 0 aliphatic rings. The van der Waals surface area contributed by atoms with E-state index < -0.39 is 12.7 Å². The van der Waals surface area contributed by atoms with Crippen molar-refractivity contribution < 1.29 is 18.1 Å². The quantitative estimate of drug-likeness (QED) is 0.0830. The third-order valence-corrected chi connectivity index (χ3v) is 13.0. The van der Waals surface area contributed by atoms with Gasteiger partial charge in [-0.1, -0.05) is 0 Å². The van der Waals surface area contributed by atoms with Gasteiger partial charge in [0.2, 0.25) is 0 Å². The Hall–Kier alpha value is -3.14. The van der Waals surface area contributed by atoms with Crippen molar-refractivity contribution in [3.05, 3.63) is 115 Å². The molecule has 0 heterocycles. The fraction of sp³-hybridized carbons (Fsp3) is 0.306. The van der Waals surface area contributed by atoms with Crippen LogP contribution in [0, 0.1) is 5.41 Å². The first kappa shape index (κ1) is 33.4. The summed E-state index contributed by atoms with van der Waals surface area (Å²) in [4.78, 5) is 11.7. The Kier molecular flexibility index (Phi) is 13.6. The smallest absolute Gasteiger partial charge is 0.311 e. The SMILES string of the molecule is CCC[PH](c1ccccc1)(c1ccccc1)c1ccccc1.CCOC(=O)C(C)(C)CCCOc1ccc(OBr)cc1. The average Bonchev–Trinajstić information content (AvgIpc) is 3.04. The molecule has 0 atom stereocenters. The zero-order valence-electron chi connectivity index (χ0n) is 25.2. The van der Waals surface area contributed by atoms with Crippen LogP contribution in [0.25, 0.3) is 0 Å². The van der Waals surface area contributed by atoms with Gasteiger partial charge in [-0.2, -0.15) is 0 Å². The van der Waals surface area contributed by atoms with Crippen LogP contribution < -0.4 is 24.5 Å². The molecule has 0 fully saturated rings. The molecule has 224 valence electrons. The van der Waals surface area contributed by atoms with Crippen LogP contribution in [0.1, 0.15) is 47.0 Å². The van der Waals surface area contributed by atoms with Gasteiger partial charge in [-0.3, -0.25) is 4.79 Å². The van der Waals surface area contributed by atoms with Crippen LogP contribution >= 0.6 is 23.5 Å². The molecule has 0 radical (unpaired) electrons. The molecule has 6 heteroatoms. The maximum absolute atomic E-state index is 11.7. The Bertz CT molecular complexity index is 1220. The largest absolute Gasteiger partial charge is 0.494 e. The number of hydrogen-bond donors (Lipinski definition) is 0. The summed E-state index contributed by atoms with van der Waals surface area (Å²) in [5.41, 5.74) is -0.465. The number of carbonyl (C=O) groups is 1. The van der Waals surface area contributed by atoms with Crippen molar-refractivity contribution in [3.63, 3.8) is 0 Å². The molecule has 4 aromatic carbocycles. The molecule has 4 rings (SSSR count). The van der Waals surface area contributed by atoms with Gasteiger partial charge in [-0.05, 0) is 57.9 Å². The maximum atomic E-state index is 11.7. The fourth-order valence-corrected chi connectivity index (χ4v) is 10.3. The van der Waals surface area contributed by atoms with Gasteiger partial charge in [0, 0.05) is 0 Å². The molecule has 0 saturated carbocycles. The molecular formula is C36H44BrO4P. The molecule has 0 amide bonds. The van der Waals surface area contributed by atoms with Gasteiger partial charge in [0.15, 0.2) is 16.3 Å². The van der Waals surface area contributed by atoms with E-state index in [0.29, 0.717) is 13.2 Å². The van der Waals surface area contributed by atoms with Crippen LogP contribution in [-0.4, -0.2) is 25.3 Å². The van der Waals surface area contributed by atoms with Gasteiger partial charge in [0.1, 0.15) is 11.5 Å². The van der Waals surface area contributed by atoms with Crippen LogP contribution in [-0.2, 0) is 9.53 Å². The molecule has 4 aromatic rings. The standard InChI is InChI=1S/C21H23P.C15H21BrO4/c1-2-18-22(19-12-6-3-7-13-19,20-14-8-4-9-15-20)21-16-10-5-11-17-21;1-4-18-14(17)15(2,3)10-5-11-19-12-6-8-13(20-16)9-7-12/h3-17,22H,2,18H2,1H3;6-9H,4-5,10-11H2,1-3H3. The number of halogens is 1. The molecule has 0 spiro atoms. The van der Waals surface area contributed by atoms with E-state index in [-0.39, 0.29) is 5.97 Å². The van der Waals surface area contributed by atoms with Crippen molar-refractivity contribution in [1.29, 1.82) is 0 Å². The second-order valence-corrected chi connectivity index (χ2v) is 15.2. The number of carbonyl (C=O) groups excluding carboxylic acids is 1. The van der Waals surface area contributed by atoms with Gasteiger partial charge >= 0.3 is 140 Å². The third-order valence-electron chi connectivity index (χ3n) is 7.38. The van der Waals surface area contributed by atoms with Crippen molar-refractivity contribution in [3.8, 4) is 11.5 Å². The summed E-state index contributed by atoms with van der Waals surface area (Å²) >= 11 is 2.91. The minimum atomic E-state index is -1.92.